The lowest BCUT2D eigenvalue weighted by molar-refractivity contribution is 0.192. The predicted octanol–water partition coefficient (Wildman–Crippen LogP) is 7.25. The number of aliphatic hydroxyl groups is 1. The van der Waals surface area contributed by atoms with Gasteiger partial charge in [-0.05, 0) is 79.3 Å². The molecule has 0 radical (unpaired) electrons. The maximum atomic E-state index is 14.8. The summed E-state index contributed by atoms with van der Waals surface area (Å²) in [6.45, 7) is 2.55. The lowest BCUT2D eigenvalue weighted by atomic mass is 9.79. The lowest BCUT2D eigenvalue weighted by Gasteiger charge is -2.29. The number of epoxide rings is 1. The van der Waals surface area contributed by atoms with Crippen LogP contribution < -0.4 is 4.74 Å². The minimum atomic E-state index is -0.994. The average Bonchev–Trinajstić information content (AvgIpc) is 3.71. The average molecular weight is 483 g/mol. The number of rotatable bonds is 7. The summed E-state index contributed by atoms with van der Waals surface area (Å²) in [5.74, 6) is -1.69. The summed E-state index contributed by atoms with van der Waals surface area (Å²) in [7, 11) is 0. The fraction of sp³-hybridized carbons (Fsp3) is 0.379. The van der Waals surface area contributed by atoms with Crippen molar-refractivity contribution in [2.75, 3.05) is 13.2 Å². The maximum absolute atomic E-state index is 14.8. The summed E-state index contributed by atoms with van der Waals surface area (Å²) in [6, 6.07) is 15.2. The lowest BCUT2D eigenvalue weighted by Crippen LogP contribution is -2.20. The molecule has 0 aromatic heterocycles. The predicted molar refractivity (Wildman–Crippen MR) is 128 cm³/mol. The highest BCUT2D eigenvalue weighted by atomic mass is 19.2. The number of aliphatic hydroxyl groups excluding tert-OH is 1. The van der Waals surface area contributed by atoms with Gasteiger partial charge in [0.1, 0.15) is 11.9 Å². The molecule has 0 amide bonds. The van der Waals surface area contributed by atoms with Crippen molar-refractivity contribution in [2.24, 2.45) is 5.92 Å². The Morgan fingerprint density at radius 1 is 0.943 bits per heavy atom. The van der Waals surface area contributed by atoms with Crippen molar-refractivity contribution >= 4 is 0 Å². The third-order valence-electron chi connectivity index (χ3n) is 7.25. The standard InChI is InChI=1S/C29H29F3O3/c1-17(33)19-6-8-21(9-7-19)23-12-13-26(29(32)28(23)31)34-15-18-2-4-20(5-3-18)22-10-11-24(25(30)14-22)27-16-35-27/h6-14,17-18,20,27,33H,2-5,15-16H2,1H3. The summed E-state index contributed by atoms with van der Waals surface area (Å²) < 4.78 is 54.8. The van der Waals surface area contributed by atoms with E-state index in [4.69, 9.17) is 9.47 Å². The van der Waals surface area contributed by atoms with Crippen LogP contribution in [-0.2, 0) is 4.74 Å². The molecule has 0 bridgehead atoms. The van der Waals surface area contributed by atoms with Crippen molar-refractivity contribution in [2.45, 2.75) is 50.7 Å². The Hall–Kier alpha value is -2.83. The second-order valence-electron chi connectivity index (χ2n) is 9.67. The smallest absolute Gasteiger partial charge is 0.201 e. The molecule has 6 heteroatoms. The van der Waals surface area contributed by atoms with Crippen LogP contribution in [0.4, 0.5) is 13.2 Å². The van der Waals surface area contributed by atoms with Gasteiger partial charge in [0, 0.05) is 11.1 Å². The summed E-state index contributed by atoms with van der Waals surface area (Å²) in [4.78, 5) is 0. The fourth-order valence-corrected chi connectivity index (χ4v) is 4.96. The second kappa shape index (κ2) is 10.0. The van der Waals surface area contributed by atoms with Crippen molar-refractivity contribution in [3.63, 3.8) is 0 Å². The van der Waals surface area contributed by atoms with Crippen molar-refractivity contribution in [1.29, 1.82) is 0 Å². The minimum absolute atomic E-state index is 0.0890. The fourth-order valence-electron chi connectivity index (χ4n) is 4.96. The van der Waals surface area contributed by atoms with Crippen molar-refractivity contribution in [3.8, 4) is 16.9 Å². The molecular formula is C29H29F3O3. The molecule has 3 aromatic carbocycles. The number of hydrogen-bond donors (Lipinski definition) is 1. The van der Waals surface area contributed by atoms with Gasteiger partial charge in [-0.3, -0.25) is 0 Å². The normalized spacial score (nSPS) is 22.6. The Morgan fingerprint density at radius 2 is 1.66 bits per heavy atom. The molecule has 0 spiro atoms. The minimum Gasteiger partial charge on any atom is -0.490 e. The quantitative estimate of drug-likeness (QED) is 0.361. The van der Waals surface area contributed by atoms with E-state index in [1.807, 2.05) is 12.1 Å². The van der Waals surface area contributed by atoms with E-state index in [1.54, 1.807) is 37.3 Å². The molecule has 2 aliphatic rings. The van der Waals surface area contributed by atoms with Crippen LogP contribution in [0, 0.1) is 23.4 Å². The highest BCUT2D eigenvalue weighted by Crippen LogP contribution is 2.39. The van der Waals surface area contributed by atoms with E-state index in [0.717, 1.165) is 31.2 Å². The first-order chi connectivity index (χ1) is 16.9. The topological polar surface area (TPSA) is 42.0 Å². The van der Waals surface area contributed by atoms with E-state index in [-0.39, 0.29) is 29.2 Å². The first-order valence-electron chi connectivity index (χ1n) is 12.2. The van der Waals surface area contributed by atoms with Gasteiger partial charge in [-0.25, -0.2) is 8.78 Å². The molecule has 2 unspecified atom stereocenters. The number of benzene rings is 3. The van der Waals surface area contributed by atoms with E-state index in [0.29, 0.717) is 35.8 Å². The molecule has 1 saturated carbocycles. The van der Waals surface area contributed by atoms with Gasteiger partial charge < -0.3 is 14.6 Å². The third-order valence-corrected chi connectivity index (χ3v) is 7.25. The van der Waals surface area contributed by atoms with Gasteiger partial charge in [-0.15, -0.1) is 0 Å². The molecule has 1 N–H and O–H groups in total. The molecule has 5 rings (SSSR count). The van der Waals surface area contributed by atoms with Crippen LogP contribution in [0.25, 0.3) is 11.1 Å². The maximum Gasteiger partial charge on any atom is 0.201 e. The Bertz CT molecular complexity index is 1180. The van der Waals surface area contributed by atoms with Crippen molar-refractivity contribution in [1.82, 2.24) is 0 Å². The van der Waals surface area contributed by atoms with E-state index in [9.17, 15) is 18.3 Å². The zero-order valence-electron chi connectivity index (χ0n) is 19.6. The summed E-state index contributed by atoms with van der Waals surface area (Å²) in [5.41, 5.74) is 3.03. The first kappa shape index (κ1) is 23.9. The van der Waals surface area contributed by atoms with Crippen molar-refractivity contribution < 1.29 is 27.8 Å². The van der Waals surface area contributed by atoms with E-state index in [2.05, 4.69) is 0 Å². The van der Waals surface area contributed by atoms with E-state index < -0.39 is 17.7 Å². The Morgan fingerprint density at radius 3 is 2.29 bits per heavy atom. The van der Waals surface area contributed by atoms with Crippen LogP contribution >= 0.6 is 0 Å². The summed E-state index contributed by atoms with van der Waals surface area (Å²) >= 11 is 0. The number of ether oxygens (including phenoxy) is 2. The Balaban J connectivity index is 1.17. The monoisotopic (exact) mass is 482 g/mol. The molecule has 3 nitrogen and oxygen atoms in total. The molecule has 184 valence electrons. The zero-order chi connectivity index (χ0) is 24.5. The first-order valence-corrected chi connectivity index (χ1v) is 12.2. The van der Waals surface area contributed by atoms with Crippen molar-refractivity contribution in [3.05, 3.63) is 88.7 Å². The molecule has 1 aliphatic heterocycles. The molecule has 1 heterocycles. The van der Waals surface area contributed by atoms with Crippen LogP contribution in [0.3, 0.4) is 0 Å². The van der Waals surface area contributed by atoms with Gasteiger partial charge in [0.05, 0.1) is 19.3 Å². The number of hydrogen-bond acceptors (Lipinski definition) is 3. The molecule has 35 heavy (non-hydrogen) atoms. The van der Waals surface area contributed by atoms with E-state index in [1.165, 1.54) is 12.1 Å². The van der Waals surface area contributed by atoms with Crippen LogP contribution in [0.2, 0.25) is 0 Å². The van der Waals surface area contributed by atoms with Gasteiger partial charge in [0.2, 0.25) is 5.82 Å². The molecule has 1 saturated heterocycles. The number of halogens is 3. The van der Waals surface area contributed by atoms with Gasteiger partial charge in [0.25, 0.3) is 0 Å². The molecule has 2 fully saturated rings. The van der Waals surface area contributed by atoms with Crippen LogP contribution in [-0.4, -0.2) is 18.3 Å². The molecule has 2 atom stereocenters. The Kier molecular flexibility index (Phi) is 6.85. The van der Waals surface area contributed by atoms with Crippen LogP contribution in [0.15, 0.2) is 54.6 Å². The van der Waals surface area contributed by atoms with Gasteiger partial charge in [0.15, 0.2) is 11.6 Å². The van der Waals surface area contributed by atoms with Crippen LogP contribution in [0.1, 0.15) is 67.4 Å². The highest BCUT2D eigenvalue weighted by Gasteiger charge is 2.29. The van der Waals surface area contributed by atoms with Gasteiger partial charge in [-0.1, -0.05) is 36.4 Å². The second-order valence-corrected chi connectivity index (χ2v) is 9.67. The van der Waals surface area contributed by atoms with E-state index >= 15 is 0 Å². The molecule has 1 aliphatic carbocycles. The molecule has 3 aromatic rings. The van der Waals surface area contributed by atoms with Crippen LogP contribution in [0.5, 0.6) is 5.75 Å². The SMILES string of the molecule is CC(O)c1ccc(-c2ccc(OCC3CCC(c4ccc(C5CO5)c(F)c4)CC3)c(F)c2F)cc1. The zero-order valence-corrected chi connectivity index (χ0v) is 19.6. The Labute approximate surface area is 203 Å². The summed E-state index contributed by atoms with van der Waals surface area (Å²) in [6.07, 6.45) is 2.87. The van der Waals surface area contributed by atoms with Gasteiger partial charge in [-0.2, -0.15) is 4.39 Å². The molecular weight excluding hydrogens is 453 g/mol. The largest absolute Gasteiger partial charge is 0.490 e. The highest BCUT2D eigenvalue weighted by molar-refractivity contribution is 5.65. The van der Waals surface area contributed by atoms with Gasteiger partial charge >= 0.3 is 0 Å². The third kappa shape index (κ3) is 5.24. The summed E-state index contributed by atoms with van der Waals surface area (Å²) in [5, 5.41) is 9.63.